The predicted molar refractivity (Wildman–Crippen MR) is 115 cm³/mol. The summed E-state index contributed by atoms with van der Waals surface area (Å²) in [6.07, 6.45) is 2.15. The Kier molecular flexibility index (Phi) is 7.13. The van der Waals surface area contributed by atoms with Gasteiger partial charge >= 0.3 is 0 Å². The van der Waals surface area contributed by atoms with Crippen LogP contribution in [0.25, 0.3) is 0 Å². The van der Waals surface area contributed by atoms with E-state index in [1.807, 2.05) is 6.92 Å². The first-order valence-corrected chi connectivity index (χ1v) is 11.4. The lowest BCUT2D eigenvalue weighted by atomic mass is 10.2. The van der Waals surface area contributed by atoms with E-state index in [1.165, 1.54) is 23.0 Å². The van der Waals surface area contributed by atoms with Crippen molar-refractivity contribution in [3.8, 4) is 0 Å². The van der Waals surface area contributed by atoms with Crippen LogP contribution < -0.4 is 10.0 Å². The van der Waals surface area contributed by atoms with Crippen molar-refractivity contribution in [3.63, 3.8) is 0 Å². The molecule has 1 unspecified atom stereocenters. The summed E-state index contributed by atoms with van der Waals surface area (Å²) in [7, 11) is -3.49. The van der Waals surface area contributed by atoms with Crippen LogP contribution >= 0.6 is 0 Å². The molecule has 0 saturated heterocycles. The number of anilines is 1. The second-order valence-corrected chi connectivity index (χ2v) is 9.03. The van der Waals surface area contributed by atoms with Crippen molar-refractivity contribution in [1.82, 2.24) is 19.7 Å². The summed E-state index contributed by atoms with van der Waals surface area (Å²) in [6, 6.07) is 12.5. The van der Waals surface area contributed by atoms with E-state index < -0.39 is 15.9 Å². The number of carbonyl (C=O) groups excluding carboxylic acids is 1. The first kappa shape index (κ1) is 22.6. The van der Waals surface area contributed by atoms with Crippen LogP contribution in [0.3, 0.4) is 0 Å². The Labute approximate surface area is 180 Å². The van der Waals surface area contributed by atoms with Crippen LogP contribution in [0.4, 0.5) is 10.1 Å². The summed E-state index contributed by atoms with van der Waals surface area (Å²) >= 11 is 0. The van der Waals surface area contributed by atoms with Gasteiger partial charge in [0.2, 0.25) is 10.0 Å². The number of carbonyl (C=O) groups is 1. The third-order valence-corrected chi connectivity index (χ3v) is 6.01. The number of halogens is 1. The molecule has 2 N–H and O–H groups in total. The minimum atomic E-state index is -3.49. The van der Waals surface area contributed by atoms with E-state index in [4.69, 9.17) is 0 Å². The quantitative estimate of drug-likeness (QED) is 0.527. The van der Waals surface area contributed by atoms with E-state index in [1.54, 1.807) is 43.3 Å². The van der Waals surface area contributed by atoms with Crippen molar-refractivity contribution in [2.24, 2.45) is 0 Å². The fraction of sp³-hybridized carbons (Fsp3) is 0.286. The van der Waals surface area contributed by atoms with E-state index in [2.05, 4.69) is 20.4 Å². The molecule has 3 rings (SSSR count). The molecule has 0 aliphatic carbocycles. The molecule has 0 bridgehead atoms. The molecular weight excluding hydrogens is 421 g/mol. The summed E-state index contributed by atoms with van der Waals surface area (Å²) in [4.78, 5) is 12.5. The van der Waals surface area contributed by atoms with E-state index in [0.717, 1.165) is 0 Å². The first-order valence-electron chi connectivity index (χ1n) is 9.79. The lowest BCUT2D eigenvalue weighted by molar-refractivity contribution is 0.102. The normalized spacial score (nSPS) is 12.5. The average Bonchev–Trinajstić information content (AvgIpc) is 3.16. The molecule has 0 spiro atoms. The summed E-state index contributed by atoms with van der Waals surface area (Å²) in [5, 5.41) is 10.4. The van der Waals surface area contributed by atoms with Crippen LogP contribution in [0.1, 0.15) is 41.9 Å². The van der Waals surface area contributed by atoms with E-state index >= 15 is 0 Å². The molecule has 164 valence electrons. The summed E-state index contributed by atoms with van der Waals surface area (Å²) in [6.45, 7) is 3.97. The molecule has 0 saturated carbocycles. The van der Waals surface area contributed by atoms with Crippen molar-refractivity contribution in [2.45, 2.75) is 38.6 Å². The number of nitrogens with one attached hydrogen (secondary N) is 2. The number of sulfonamides is 1. The van der Waals surface area contributed by atoms with Gasteiger partial charge in [-0.3, -0.25) is 4.79 Å². The highest BCUT2D eigenvalue weighted by atomic mass is 32.2. The zero-order valence-electron chi connectivity index (χ0n) is 17.2. The summed E-state index contributed by atoms with van der Waals surface area (Å²) in [5.74, 6) is -1.02. The van der Waals surface area contributed by atoms with E-state index in [9.17, 15) is 17.6 Å². The molecule has 0 aliphatic rings. The predicted octanol–water partition coefficient (Wildman–Crippen LogP) is 2.94. The van der Waals surface area contributed by atoms with Gasteiger partial charge in [0, 0.05) is 11.7 Å². The molecule has 10 heteroatoms. The van der Waals surface area contributed by atoms with Gasteiger partial charge in [-0.15, -0.1) is 5.10 Å². The maximum absolute atomic E-state index is 13.3. The monoisotopic (exact) mass is 445 g/mol. The van der Waals surface area contributed by atoms with Crippen LogP contribution in [-0.4, -0.2) is 35.4 Å². The smallest absolute Gasteiger partial charge is 0.277 e. The highest BCUT2D eigenvalue weighted by Gasteiger charge is 2.16. The molecule has 0 aliphatic heterocycles. The number of aromatic nitrogens is 3. The molecular formula is C21H24FN5O3S. The maximum Gasteiger partial charge on any atom is 0.277 e. The van der Waals surface area contributed by atoms with Crippen molar-refractivity contribution >= 4 is 21.6 Å². The van der Waals surface area contributed by atoms with Gasteiger partial charge in [0.1, 0.15) is 5.82 Å². The third-order valence-electron chi connectivity index (χ3n) is 4.54. The lowest BCUT2D eigenvalue weighted by Gasteiger charge is -2.12. The Morgan fingerprint density at radius 2 is 1.90 bits per heavy atom. The van der Waals surface area contributed by atoms with Crippen molar-refractivity contribution < 1.29 is 17.6 Å². The van der Waals surface area contributed by atoms with Crippen LogP contribution in [0, 0.1) is 5.82 Å². The van der Waals surface area contributed by atoms with Crippen LogP contribution in [0.5, 0.6) is 0 Å². The first-order chi connectivity index (χ1) is 14.7. The molecule has 2 aromatic carbocycles. The molecule has 1 atom stereocenters. The van der Waals surface area contributed by atoms with Crippen molar-refractivity contribution in [3.05, 3.63) is 77.4 Å². The largest absolute Gasteiger partial charge is 0.321 e. The Morgan fingerprint density at radius 3 is 2.65 bits per heavy atom. The highest BCUT2D eigenvalue weighted by molar-refractivity contribution is 7.88. The number of hydrogen-bond acceptors (Lipinski definition) is 5. The SMILES string of the molecule is CCC(C)NS(=O)(=O)Cc1cccc(NC(=O)c2cn(Cc3cccc(F)c3)nn2)c1. The Balaban J connectivity index is 1.64. The van der Waals surface area contributed by atoms with Crippen LogP contribution in [0.2, 0.25) is 0 Å². The standard InChI is InChI=1S/C21H24FN5O3S/c1-3-15(2)25-31(29,30)14-17-7-5-9-19(11-17)23-21(28)20-13-27(26-24-20)12-16-6-4-8-18(22)10-16/h4-11,13,15,25H,3,12,14H2,1-2H3,(H,23,28). The van der Waals surface area contributed by atoms with Gasteiger partial charge in [-0.1, -0.05) is 36.4 Å². The summed E-state index contributed by atoms with van der Waals surface area (Å²) < 4.78 is 41.9. The fourth-order valence-electron chi connectivity index (χ4n) is 2.89. The molecule has 31 heavy (non-hydrogen) atoms. The van der Waals surface area contributed by atoms with Crippen molar-refractivity contribution in [2.75, 3.05) is 5.32 Å². The molecule has 0 radical (unpaired) electrons. The number of benzene rings is 2. The molecule has 3 aromatic rings. The zero-order chi connectivity index (χ0) is 22.4. The van der Waals surface area contributed by atoms with Gasteiger partial charge in [0.15, 0.2) is 5.69 Å². The number of hydrogen-bond donors (Lipinski definition) is 2. The molecule has 1 amide bonds. The zero-order valence-corrected chi connectivity index (χ0v) is 18.1. The average molecular weight is 446 g/mol. The van der Waals surface area contributed by atoms with Gasteiger partial charge < -0.3 is 5.32 Å². The Morgan fingerprint density at radius 1 is 1.16 bits per heavy atom. The van der Waals surface area contributed by atoms with Gasteiger partial charge in [-0.05, 0) is 48.7 Å². The second-order valence-electron chi connectivity index (χ2n) is 7.27. The second kappa shape index (κ2) is 9.80. The minimum absolute atomic E-state index is 0.0906. The molecule has 0 fully saturated rings. The third kappa shape index (κ3) is 6.69. The Hall–Kier alpha value is -3.11. The van der Waals surface area contributed by atoms with Gasteiger partial charge in [0.25, 0.3) is 5.91 Å². The molecule has 8 nitrogen and oxygen atoms in total. The van der Waals surface area contributed by atoms with Crippen molar-refractivity contribution in [1.29, 1.82) is 0 Å². The number of rotatable bonds is 9. The highest BCUT2D eigenvalue weighted by Crippen LogP contribution is 2.15. The summed E-state index contributed by atoms with van der Waals surface area (Å²) in [5.41, 5.74) is 1.77. The maximum atomic E-state index is 13.3. The number of amides is 1. The minimum Gasteiger partial charge on any atom is -0.321 e. The van der Waals surface area contributed by atoms with E-state index in [0.29, 0.717) is 23.2 Å². The topological polar surface area (TPSA) is 106 Å². The van der Waals surface area contributed by atoms with E-state index in [-0.39, 0.29) is 29.9 Å². The van der Waals surface area contributed by atoms with Crippen LogP contribution in [-0.2, 0) is 22.3 Å². The Bertz CT molecular complexity index is 1160. The lowest BCUT2D eigenvalue weighted by Crippen LogP contribution is -2.32. The van der Waals surface area contributed by atoms with Gasteiger partial charge in [-0.2, -0.15) is 0 Å². The molecule has 1 heterocycles. The molecule has 1 aromatic heterocycles. The fourth-order valence-corrected chi connectivity index (χ4v) is 4.37. The van der Waals surface area contributed by atoms with Gasteiger partial charge in [0.05, 0.1) is 18.5 Å². The number of nitrogens with zero attached hydrogens (tertiary/aromatic N) is 3. The van der Waals surface area contributed by atoms with Gasteiger partial charge in [-0.25, -0.2) is 22.2 Å². The van der Waals surface area contributed by atoms with Crippen LogP contribution in [0.15, 0.2) is 54.7 Å².